The minimum Gasteiger partial charge on any atom is -0.543 e. The lowest BCUT2D eigenvalue weighted by molar-refractivity contribution is -0.911. The van der Waals surface area contributed by atoms with Gasteiger partial charge in [0.2, 0.25) is 11.3 Å². The van der Waals surface area contributed by atoms with Crippen LogP contribution in [-0.4, -0.2) is 140 Å². The van der Waals surface area contributed by atoms with E-state index in [1.165, 1.54) is 16.7 Å². The number of likely N-dealkylation sites (N-methyl/N-ethyl adjacent to an activating group) is 1. The molecular weight excluding hydrogens is 724 g/mol. The molecule has 7 amide bonds. The number of aliphatic carboxylic acids is 1. The van der Waals surface area contributed by atoms with Crippen LogP contribution in [0.25, 0.3) is 0 Å². The van der Waals surface area contributed by atoms with E-state index in [2.05, 4.69) is 20.9 Å². The van der Waals surface area contributed by atoms with Crippen molar-refractivity contribution in [2.45, 2.75) is 37.2 Å². The fourth-order valence-corrected chi connectivity index (χ4v) is 8.65. The summed E-state index contributed by atoms with van der Waals surface area (Å²) in [5.41, 5.74) is -0.141. The summed E-state index contributed by atoms with van der Waals surface area (Å²) < 4.78 is 0.450. The second-order valence-corrected chi connectivity index (χ2v) is 14.6. The molecule has 2 aromatic rings. The zero-order chi connectivity index (χ0) is 38.7. The fourth-order valence-electron chi connectivity index (χ4n) is 7.32. The molecule has 1 aromatic carbocycles. The summed E-state index contributed by atoms with van der Waals surface area (Å²) in [5.74, 6) is -5.67. The standard InChI is InChI=1S/C35H40N8O10S/c1-2-40-11-12-41(32(50)31(40)49)35(53)39-25(20-8-4-3-5-9-20)29(47)38-26-30(48)42-27(34(51)52)21(19-54-33(26)42)18-43(13-6-7-14-43)15-10-36-28(46)22-16-23(44)24(45)17-37-22/h3-5,8-9,16-17,25-26,33H,2,6-7,10-15,18-19H2,1H3,(H5-,36,37,38,39,44,45,46,47,49,50,51,52,53)/t25-,26+,33+/m0/s1. The summed E-state index contributed by atoms with van der Waals surface area (Å²) in [6.07, 6.45) is 2.78. The number of quaternary nitrogens is 1. The Kier molecular flexibility index (Phi) is 11.1. The zero-order valence-electron chi connectivity index (χ0n) is 29.4. The number of hydrogen-bond acceptors (Lipinski definition) is 11. The molecule has 3 saturated heterocycles. The second kappa shape index (κ2) is 15.7. The van der Waals surface area contributed by atoms with Crippen molar-refractivity contribution in [1.29, 1.82) is 0 Å². The van der Waals surface area contributed by atoms with Crippen molar-refractivity contribution in [1.82, 2.24) is 35.6 Å². The molecule has 4 aliphatic heterocycles. The number of benzene rings is 1. The van der Waals surface area contributed by atoms with Gasteiger partial charge in [-0.2, -0.15) is 0 Å². The molecule has 0 unspecified atom stereocenters. The summed E-state index contributed by atoms with van der Waals surface area (Å²) in [4.78, 5) is 108. The van der Waals surface area contributed by atoms with Crippen LogP contribution >= 0.6 is 11.8 Å². The summed E-state index contributed by atoms with van der Waals surface area (Å²) in [5, 5.41) is 29.2. The van der Waals surface area contributed by atoms with E-state index in [9.17, 15) is 48.6 Å². The first-order valence-corrected chi connectivity index (χ1v) is 18.6. The number of β-lactam (4-membered cyclic amide) rings is 1. The van der Waals surface area contributed by atoms with Crippen LogP contribution in [-0.2, 0) is 24.0 Å². The number of thioether (sulfide) groups is 1. The van der Waals surface area contributed by atoms with E-state index in [-0.39, 0.29) is 43.3 Å². The molecule has 4 aliphatic rings. The fraction of sp³-hybridized carbons (Fsp3) is 0.429. The van der Waals surface area contributed by atoms with E-state index < -0.39 is 70.2 Å². The highest BCUT2D eigenvalue weighted by molar-refractivity contribution is 8.00. The number of carbonyl (C=O) groups excluding carboxylic acids is 7. The van der Waals surface area contributed by atoms with Crippen molar-refractivity contribution < 1.29 is 48.3 Å². The number of H-pyrrole nitrogens is 1. The highest BCUT2D eigenvalue weighted by Crippen LogP contribution is 2.41. The molecule has 0 aliphatic carbocycles. The Labute approximate surface area is 313 Å². The van der Waals surface area contributed by atoms with Crippen LogP contribution in [0.2, 0.25) is 0 Å². The number of piperazine rings is 1. The molecule has 0 bridgehead atoms. The normalized spacial score (nSPS) is 21.3. The molecule has 0 radical (unpaired) electrons. The number of imide groups is 1. The number of aromatic hydroxyl groups is 1. The van der Waals surface area contributed by atoms with Gasteiger partial charge in [-0.3, -0.25) is 38.6 Å². The largest absolute Gasteiger partial charge is 0.543 e. The number of urea groups is 1. The number of hydrogen-bond donors (Lipinski definition) is 5. The second-order valence-electron chi connectivity index (χ2n) is 13.5. The van der Waals surface area contributed by atoms with Crippen LogP contribution in [0.1, 0.15) is 41.9 Å². The maximum absolute atomic E-state index is 13.8. The van der Waals surface area contributed by atoms with Crippen LogP contribution in [0.4, 0.5) is 4.79 Å². The summed E-state index contributed by atoms with van der Waals surface area (Å²) >= 11 is 1.28. The number of nitrogens with one attached hydrogen (secondary N) is 4. The smallest absolute Gasteiger partial charge is 0.325 e. The number of aromatic amines is 1. The van der Waals surface area contributed by atoms with Crippen LogP contribution in [0, 0.1) is 0 Å². The Morgan fingerprint density at radius 1 is 1.06 bits per heavy atom. The first-order chi connectivity index (χ1) is 25.8. The SMILES string of the molecule is CCN1CCN(C(=O)N[C@H](C(=O)N[C@@H]2C(=O)N3C(C(=O)[O-])=C(C[N+]4(CCNC(=O)c5cc(=O)c(O)c[nH]5)CCCC4)CS[C@H]23)c2ccccc2)C(=O)C1=O. The third-order valence-electron chi connectivity index (χ3n) is 10.2. The van der Waals surface area contributed by atoms with Gasteiger partial charge in [0, 0.05) is 56.1 Å². The number of pyridine rings is 1. The number of rotatable bonds is 12. The lowest BCUT2D eigenvalue weighted by Crippen LogP contribution is -2.72. The molecule has 0 saturated carbocycles. The van der Waals surface area contributed by atoms with E-state index >= 15 is 0 Å². The number of fused-ring (bicyclic) bond motifs is 1. The Morgan fingerprint density at radius 3 is 2.44 bits per heavy atom. The molecule has 19 heteroatoms. The quantitative estimate of drug-likeness (QED) is 0.0897. The molecule has 1 aromatic heterocycles. The Hall–Kier alpha value is -5.69. The number of aromatic nitrogens is 1. The summed E-state index contributed by atoms with van der Waals surface area (Å²) in [6.45, 7) is 4.42. The summed E-state index contributed by atoms with van der Waals surface area (Å²) in [6, 6.07) is 5.70. The van der Waals surface area contributed by atoms with Crippen LogP contribution in [0.15, 0.2) is 58.7 Å². The van der Waals surface area contributed by atoms with Gasteiger partial charge in [0.25, 0.3) is 11.8 Å². The third kappa shape index (κ3) is 7.54. The predicted octanol–water partition coefficient (Wildman–Crippen LogP) is -2.03. The Morgan fingerprint density at radius 2 is 1.78 bits per heavy atom. The van der Waals surface area contributed by atoms with E-state index in [1.54, 1.807) is 37.3 Å². The number of amides is 7. The van der Waals surface area contributed by atoms with Crippen molar-refractivity contribution in [2.75, 3.05) is 58.1 Å². The zero-order valence-corrected chi connectivity index (χ0v) is 30.2. The van der Waals surface area contributed by atoms with Crippen molar-refractivity contribution >= 4 is 53.3 Å². The lowest BCUT2D eigenvalue weighted by atomic mass is 10.0. The lowest BCUT2D eigenvalue weighted by Gasteiger charge is -2.51. The molecule has 3 atom stereocenters. The Bertz CT molecular complexity index is 1960. The van der Waals surface area contributed by atoms with Gasteiger partial charge in [-0.25, -0.2) is 4.79 Å². The van der Waals surface area contributed by atoms with Gasteiger partial charge in [-0.15, -0.1) is 11.8 Å². The first kappa shape index (κ1) is 38.0. The van der Waals surface area contributed by atoms with Gasteiger partial charge in [-0.05, 0) is 12.5 Å². The van der Waals surface area contributed by atoms with Gasteiger partial charge in [-0.1, -0.05) is 30.3 Å². The minimum absolute atomic E-state index is 0.0186. The van der Waals surface area contributed by atoms with Crippen LogP contribution in [0.3, 0.4) is 0 Å². The van der Waals surface area contributed by atoms with Gasteiger partial charge >= 0.3 is 17.8 Å². The minimum atomic E-state index is -1.54. The van der Waals surface area contributed by atoms with Crippen molar-refractivity contribution in [3.63, 3.8) is 0 Å². The van der Waals surface area contributed by atoms with Gasteiger partial charge in [0.15, 0.2) is 5.75 Å². The predicted molar refractivity (Wildman–Crippen MR) is 189 cm³/mol. The molecular formula is C35H40N8O10S. The van der Waals surface area contributed by atoms with E-state index in [4.69, 9.17) is 0 Å². The highest BCUT2D eigenvalue weighted by Gasteiger charge is 2.54. The van der Waals surface area contributed by atoms with Crippen LogP contribution in [0.5, 0.6) is 5.75 Å². The molecule has 5 heterocycles. The number of carboxylic acid groups (broad SMARTS) is 1. The highest BCUT2D eigenvalue weighted by atomic mass is 32.2. The molecule has 5 N–H and O–H groups in total. The monoisotopic (exact) mass is 764 g/mol. The average Bonchev–Trinajstić information content (AvgIpc) is 3.62. The van der Waals surface area contributed by atoms with E-state index in [0.717, 1.165) is 34.9 Å². The molecule has 286 valence electrons. The number of likely N-dealkylation sites (tertiary alicyclic amines) is 1. The molecule has 3 fully saturated rings. The van der Waals surface area contributed by atoms with Gasteiger partial charge < -0.3 is 45.3 Å². The average molecular weight is 765 g/mol. The summed E-state index contributed by atoms with van der Waals surface area (Å²) in [7, 11) is 0. The van der Waals surface area contributed by atoms with Gasteiger partial charge in [0.1, 0.15) is 29.7 Å². The Balaban J connectivity index is 1.13. The van der Waals surface area contributed by atoms with E-state index in [0.29, 0.717) is 41.8 Å². The topological polar surface area (TPSA) is 241 Å². The number of nitrogens with zero attached hydrogens (tertiary/aromatic N) is 4. The number of carboxylic acids is 1. The maximum atomic E-state index is 13.8. The van der Waals surface area contributed by atoms with Crippen LogP contribution < -0.4 is 26.5 Å². The van der Waals surface area contributed by atoms with E-state index in [1.807, 2.05) is 0 Å². The molecule has 0 spiro atoms. The van der Waals surface area contributed by atoms with Crippen molar-refractivity contribution in [2.24, 2.45) is 0 Å². The molecule has 18 nitrogen and oxygen atoms in total. The van der Waals surface area contributed by atoms with Gasteiger partial charge in [0.05, 0.1) is 37.8 Å². The first-order valence-electron chi connectivity index (χ1n) is 17.5. The molecule has 54 heavy (non-hydrogen) atoms. The number of carbonyl (C=O) groups is 7. The van der Waals surface area contributed by atoms with Crippen molar-refractivity contribution in [3.8, 4) is 5.75 Å². The van der Waals surface area contributed by atoms with Crippen molar-refractivity contribution in [3.05, 3.63) is 75.3 Å². The third-order valence-corrected chi connectivity index (χ3v) is 11.5. The molecule has 6 rings (SSSR count). The maximum Gasteiger partial charge on any atom is 0.325 e.